The summed E-state index contributed by atoms with van der Waals surface area (Å²) in [4.78, 5) is 2.35. The van der Waals surface area contributed by atoms with Gasteiger partial charge < -0.3 is 10.2 Å². The SMILES string of the molecule is CCNC(C)c1c(F)cccc1N1CCCC(C)C1. The predicted molar refractivity (Wildman–Crippen MR) is 79.1 cm³/mol. The molecule has 106 valence electrons. The van der Waals surface area contributed by atoms with E-state index in [-0.39, 0.29) is 11.9 Å². The molecule has 0 bridgehead atoms. The lowest BCUT2D eigenvalue weighted by Crippen LogP contribution is -2.35. The number of nitrogens with one attached hydrogen (secondary N) is 1. The highest BCUT2D eigenvalue weighted by Crippen LogP contribution is 2.31. The van der Waals surface area contributed by atoms with Crippen molar-refractivity contribution in [3.8, 4) is 0 Å². The average Bonchev–Trinajstić information content (AvgIpc) is 2.38. The second kappa shape index (κ2) is 6.38. The van der Waals surface area contributed by atoms with Gasteiger partial charge in [0.05, 0.1) is 0 Å². The Balaban J connectivity index is 2.31. The smallest absolute Gasteiger partial charge is 0.130 e. The maximum absolute atomic E-state index is 14.2. The van der Waals surface area contributed by atoms with Crippen molar-refractivity contribution in [3.63, 3.8) is 0 Å². The van der Waals surface area contributed by atoms with Crippen molar-refractivity contribution < 1.29 is 4.39 Å². The number of rotatable bonds is 4. The molecule has 1 heterocycles. The van der Waals surface area contributed by atoms with Crippen molar-refractivity contribution >= 4 is 5.69 Å². The lowest BCUT2D eigenvalue weighted by Gasteiger charge is -2.35. The van der Waals surface area contributed by atoms with E-state index in [1.807, 2.05) is 13.0 Å². The monoisotopic (exact) mass is 264 g/mol. The van der Waals surface area contributed by atoms with E-state index in [0.717, 1.165) is 30.9 Å². The Morgan fingerprint density at radius 3 is 2.95 bits per heavy atom. The summed E-state index contributed by atoms with van der Waals surface area (Å²) in [6, 6.07) is 5.51. The van der Waals surface area contributed by atoms with Gasteiger partial charge in [-0.3, -0.25) is 0 Å². The van der Waals surface area contributed by atoms with Crippen LogP contribution in [-0.4, -0.2) is 19.6 Å². The van der Waals surface area contributed by atoms with Crippen LogP contribution in [0.25, 0.3) is 0 Å². The lowest BCUT2D eigenvalue weighted by atomic mass is 9.97. The molecule has 0 aliphatic carbocycles. The molecule has 19 heavy (non-hydrogen) atoms. The Labute approximate surface area is 116 Å². The molecule has 1 aromatic rings. The van der Waals surface area contributed by atoms with E-state index in [4.69, 9.17) is 0 Å². The number of hydrogen-bond acceptors (Lipinski definition) is 2. The van der Waals surface area contributed by atoms with Gasteiger partial charge in [0.15, 0.2) is 0 Å². The van der Waals surface area contributed by atoms with Gasteiger partial charge >= 0.3 is 0 Å². The summed E-state index contributed by atoms with van der Waals surface area (Å²) in [7, 11) is 0. The van der Waals surface area contributed by atoms with Gasteiger partial charge in [0.1, 0.15) is 5.82 Å². The molecule has 1 aliphatic heterocycles. The van der Waals surface area contributed by atoms with Crippen LogP contribution in [0.3, 0.4) is 0 Å². The molecule has 0 amide bonds. The van der Waals surface area contributed by atoms with Crippen molar-refractivity contribution in [3.05, 3.63) is 29.6 Å². The van der Waals surface area contributed by atoms with Crippen LogP contribution in [0.1, 0.15) is 45.2 Å². The van der Waals surface area contributed by atoms with Crippen LogP contribution in [0.2, 0.25) is 0 Å². The topological polar surface area (TPSA) is 15.3 Å². The van der Waals surface area contributed by atoms with E-state index in [1.54, 1.807) is 6.07 Å². The van der Waals surface area contributed by atoms with Crippen LogP contribution in [-0.2, 0) is 0 Å². The van der Waals surface area contributed by atoms with Crippen molar-refractivity contribution in [2.75, 3.05) is 24.5 Å². The third-order valence-electron chi connectivity index (χ3n) is 3.97. The third-order valence-corrected chi connectivity index (χ3v) is 3.97. The van der Waals surface area contributed by atoms with Crippen LogP contribution in [0.5, 0.6) is 0 Å². The normalized spacial score (nSPS) is 21.5. The first-order chi connectivity index (χ1) is 9.13. The quantitative estimate of drug-likeness (QED) is 0.891. The summed E-state index contributed by atoms with van der Waals surface area (Å²) < 4.78 is 14.2. The predicted octanol–water partition coefficient (Wildman–Crippen LogP) is 3.73. The first kappa shape index (κ1) is 14.3. The van der Waals surface area contributed by atoms with Gasteiger partial charge in [-0.25, -0.2) is 4.39 Å². The molecule has 1 N–H and O–H groups in total. The Morgan fingerprint density at radius 2 is 2.26 bits per heavy atom. The molecule has 0 spiro atoms. The number of halogens is 1. The molecule has 3 heteroatoms. The van der Waals surface area contributed by atoms with E-state index in [9.17, 15) is 4.39 Å². The van der Waals surface area contributed by atoms with Crippen LogP contribution >= 0.6 is 0 Å². The number of benzene rings is 1. The molecule has 2 unspecified atom stereocenters. The summed E-state index contributed by atoms with van der Waals surface area (Å²) in [5, 5.41) is 3.33. The minimum Gasteiger partial charge on any atom is -0.371 e. The lowest BCUT2D eigenvalue weighted by molar-refractivity contribution is 0.443. The summed E-state index contributed by atoms with van der Waals surface area (Å²) in [6.07, 6.45) is 2.48. The minimum atomic E-state index is -0.0934. The second-order valence-electron chi connectivity index (χ2n) is 5.65. The highest BCUT2D eigenvalue weighted by molar-refractivity contribution is 5.56. The van der Waals surface area contributed by atoms with Crippen molar-refractivity contribution in [1.29, 1.82) is 0 Å². The van der Waals surface area contributed by atoms with Crippen LogP contribution in [0.15, 0.2) is 18.2 Å². The van der Waals surface area contributed by atoms with Gasteiger partial charge in [-0.2, -0.15) is 0 Å². The third kappa shape index (κ3) is 3.27. The summed E-state index contributed by atoms with van der Waals surface area (Å²) in [6.45, 7) is 9.30. The number of nitrogens with zero attached hydrogens (tertiary/aromatic N) is 1. The van der Waals surface area contributed by atoms with Crippen molar-refractivity contribution in [2.45, 2.75) is 39.7 Å². The summed E-state index contributed by atoms with van der Waals surface area (Å²) in [5.74, 6) is 0.600. The molecule has 1 aliphatic rings. The number of piperidine rings is 1. The molecule has 0 radical (unpaired) electrons. The molecular weight excluding hydrogens is 239 g/mol. The van der Waals surface area contributed by atoms with Crippen LogP contribution < -0.4 is 10.2 Å². The van der Waals surface area contributed by atoms with Gasteiger partial charge in [0, 0.05) is 30.4 Å². The van der Waals surface area contributed by atoms with E-state index in [1.165, 1.54) is 12.8 Å². The first-order valence-corrected chi connectivity index (χ1v) is 7.40. The van der Waals surface area contributed by atoms with E-state index >= 15 is 0 Å². The van der Waals surface area contributed by atoms with Crippen molar-refractivity contribution in [2.24, 2.45) is 5.92 Å². The summed E-state index contributed by atoms with van der Waals surface area (Å²) >= 11 is 0. The zero-order chi connectivity index (χ0) is 13.8. The zero-order valence-electron chi connectivity index (χ0n) is 12.2. The molecular formula is C16H25FN2. The fourth-order valence-electron chi connectivity index (χ4n) is 3.05. The van der Waals surface area contributed by atoms with Gasteiger partial charge in [0.25, 0.3) is 0 Å². The largest absolute Gasteiger partial charge is 0.371 e. The highest BCUT2D eigenvalue weighted by Gasteiger charge is 2.22. The maximum Gasteiger partial charge on any atom is 0.130 e. The second-order valence-corrected chi connectivity index (χ2v) is 5.65. The Hall–Kier alpha value is -1.09. The summed E-state index contributed by atoms with van der Waals surface area (Å²) in [5.41, 5.74) is 1.89. The first-order valence-electron chi connectivity index (χ1n) is 7.40. The van der Waals surface area contributed by atoms with Gasteiger partial charge in [0.2, 0.25) is 0 Å². The number of anilines is 1. The van der Waals surface area contributed by atoms with E-state index in [2.05, 4.69) is 30.1 Å². The highest BCUT2D eigenvalue weighted by atomic mass is 19.1. The molecule has 1 aromatic carbocycles. The van der Waals surface area contributed by atoms with E-state index in [0.29, 0.717) is 5.92 Å². The molecule has 1 fully saturated rings. The number of hydrogen-bond donors (Lipinski definition) is 1. The minimum absolute atomic E-state index is 0.0541. The maximum atomic E-state index is 14.2. The fraction of sp³-hybridized carbons (Fsp3) is 0.625. The van der Waals surface area contributed by atoms with Crippen molar-refractivity contribution in [1.82, 2.24) is 5.32 Å². The fourth-order valence-corrected chi connectivity index (χ4v) is 3.05. The molecule has 2 rings (SSSR count). The van der Waals surface area contributed by atoms with E-state index < -0.39 is 0 Å². The zero-order valence-corrected chi connectivity index (χ0v) is 12.2. The molecule has 1 saturated heterocycles. The standard InChI is InChI=1S/C16H25FN2/c1-4-18-13(3)16-14(17)8-5-9-15(16)19-10-6-7-12(2)11-19/h5,8-9,12-13,18H,4,6-7,10-11H2,1-3H3. The van der Waals surface area contributed by atoms with Crippen LogP contribution in [0, 0.1) is 11.7 Å². The van der Waals surface area contributed by atoms with Crippen LogP contribution in [0.4, 0.5) is 10.1 Å². The van der Waals surface area contributed by atoms with Gasteiger partial charge in [-0.1, -0.05) is 19.9 Å². The molecule has 0 aromatic heterocycles. The molecule has 2 atom stereocenters. The molecule has 0 saturated carbocycles. The van der Waals surface area contributed by atoms with Gasteiger partial charge in [-0.15, -0.1) is 0 Å². The Morgan fingerprint density at radius 1 is 1.47 bits per heavy atom. The Bertz CT molecular complexity index is 419. The Kier molecular flexibility index (Phi) is 4.81. The van der Waals surface area contributed by atoms with Gasteiger partial charge in [-0.05, 0) is 44.4 Å². The average molecular weight is 264 g/mol. The molecule has 2 nitrogen and oxygen atoms in total.